The lowest BCUT2D eigenvalue weighted by Gasteiger charge is -2.21. The Kier molecular flexibility index (Phi) is 6.93. The Bertz CT molecular complexity index is 387. The number of aromatic nitrogens is 1. The van der Waals surface area contributed by atoms with Crippen LogP contribution in [0.1, 0.15) is 50.4 Å². The Morgan fingerprint density at radius 3 is 2.47 bits per heavy atom. The van der Waals surface area contributed by atoms with Crippen LogP contribution in [0.3, 0.4) is 0 Å². The molecule has 4 nitrogen and oxygen atoms in total. The first-order valence-corrected chi connectivity index (χ1v) is 7.22. The van der Waals surface area contributed by atoms with Crippen LogP contribution in [0.25, 0.3) is 0 Å². The molecular formula is C15H25N3O. The van der Waals surface area contributed by atoms with Gasteiger partial charge in [-0.1, -0.05) is 20.8 Å². The van der Waals surface area contributed by atoms with E-state index in [0.717, 1.165) is 50.3 Å². The molecule has 0 radical (unpaired) electrons. The summed E-state index contributed by atoms with van der Waals surface area (Å²) in [4.78, 5) is 18.6. The van der Waals surface area contributed by atoms with Crippen molar-refractivity contribution < 1.29 is 4.79 Å². The van der Waals surface area contributed by atoms with Gasteiger partial charge in [0.1, 0.15) is 5.82 Å². The Labute approximate surface area is 116 Å². The number of carbonyl (C=O) groups is 1. The third kappa shape index (κ3) is 4.89. The number of hydrogen-bond acceptors (Lipinski definition) is 3. The maximum atomic E-state index is 12.4. The number of hydrogen-bond donors (Lipinski definition) is 1. The fourth-order valence-electron chi connectivity index (χ4n) is 1.95. The van der Waals surface area contributed by atoms with Crippen LogP contribution in [0.15, 0.2) is 18.3 Å². The second kappa shape index (κ2) is 8.51. The predicted molar refractivity (Wildman–Crippen MR) is 79.5 cm³/mol. The molecule has 1 amide bonds. The van der Waals surface area contributed by atoms with Gasteiger partial charge < -0.3 is 10.2 Å². The maximum absolute atomic E-state index is 12.4. The van der Waals surface area contributed by atoms with E-state index in [1.165, 1.54) is 0 Å². The van der Waals surface area contributed by atoms with Gasteiger partial charge in [0.15, 0.2) is 0 Å². The van der Waals surface area contributed by atoms with E-state index in [4.69, 9.17) is 0 Å². The largest absolute Gasteiger partial charge is 0.370 e. The second-order valence-corrected chi connectivity index (χ2v) is 4.65. The third-order valence-corrected chi connectivity index (χ3v) is 2.84. The van der Waals surface area contributed by atoms with Gasteiger partial charge in [0.05, 0.1) is 0 Å². The van der Waals surface area contributed by atoms with Crippen molar-refractivity contribution in [2.75, 3.05) is 25.0 Å². The average Bonchev–Trinajstić information content (AvgIpc) is 2.44. The number of nitrogens with one attached hydrogen (secondary N) is 1. The molecule has 0 saturated carbocycles. The number of rotatable bonds is 8. The molecule has 106 valence electrons. The molecule has 1 N–H and O–H groups in total. The Morgan fingerprint density at radius 2 is 1.89 bits per heavy atom. The van der Waals surface area contributed by atoms with Crippen LogP contribution in [-0.2, 0) is 0 Å². The quantitative estimate of drug-likeness (QED) is 0.783. The molecular weight excluding hydrogens is 238 g/mol. The van der Waals surface area contributed by atoms with Crippen molar-refractivity contribution in [3.05, 3.63) is 23.9 Å². The maximum Gasteiger partial charge on any atom is 0.254 e. The smallest absolute Gasteiger partial charge is 0.254 e. The van der Waals surface area contributed by atoms with E-state index in [-0.39, 0.29) is 5.91 Å². The van der Waals surface area contributed by atoms with Gasteiger partial charge in [-0.25, -0.2) is 4.98 Å². The van der Waals surface area contributed by atoms with Crippen LogP contribution in [0.5, 0.6) is 0 Å². The highest BCUT2D eigenvalue weighted by Gasteiger charge is 2.14. The predicted octanol–water partition coefficient (Wildman–Crippen LogP) is 3.17. The molecule has 4 heteroatoms. The average molecular weight is 263 g/mol. The molecule has 0 aliphatic carbocycles. The molecule has 0 aliphatic heterocycles. The Morgan fingerprint density at radius 1 is 1.21 bits per heavy atom. The van der Waals surface area contributed by atoms with Crippen molar-refractivity contribution in [3.63, 3.8) is 0 Å². The minimum Gasteiger partial charge on any atom is -0.370 e. The van der Waals surface area contributed by atoms with Crippen molar-refractivity contribution in [1.29, 1.82) is 0 Å². The molecule has 1 aromatic rings. The molecule has 0 aliphatic rings. The number of nitrogens with zero attached hydrogens (tertiary/aromatic N) is 2. The molecule has 0 aromatic carbocycles. The molecule has 1 rings (SSSR count). The van der Waals surface area contributed by atoms with Crippen LogP contribution in [0.2, 0.25) is 0 Å². The Balaban J connectivity index is 2.78. The van der Waals surface area contributed by atoms with Crippen LogP contribution in [0.4, 0.5) is 5.82 Å². The van der Waals surface area contributed by atoms with E-state index in [9.17, 15) is 4.79 Å². The summed E-state index contributed by atoms with van der Waals surface area (Å²) in [6.45, 7) is 8.79. The van der Waals surface area contributed by atoms with Gasteiger partial charge in [-0.15, -0.1) is 0 Å². The number of carbonyl (C=O) groups excluding carboxylic acids is 1. The van der Waals surface area contributed by atoms with Gasteiger partial charge in [-0.05, 0) is 31.4 Å². The van der Waals surface area contributed by atoms with Gasteiger partial charge >= 0.3 is 0 Å². The van der Waals surface area contributed by atoms with E-state index in [1.54, 1.807) is 12.3 Å². The normalized spacial score (nSPS) is 10.3. The van der Waals surface area contributed by atoms with E-state index >= 15 is 0 Å². The standard InChI is InChI=1S/C15H25N3O/c1-4-8-16-14-12-13(7-9-17-14)15(19)18(10-5-2)11-6-3/h7,9,12H,4-6,8,10-11H2,1-3H3,(H,16,17). The summed E-state index contributed by atoms with van der Waals surface area (Å²) < 4.78 is 0. The van der Waals surface area contributed by atoms with Crippen LogP contribution >= 0.6 is 0 Å². The monoisotopic (exact) mass is 263 g/mol. The van der Waals surface area contributed by atoms with Crippen molar-refractivity contribution in [2.45, 2.75) is 40.0 Å². The number of pyridine rings is 1. The first-order chi connectivity index (χ1) is 9.22. The second-order valence-electron chi connectivity index (χ2n) is 4.65. The zero-order valence-corrected chi connectivity index (χ0v) is 12.3. The summed E-state index contributed by atoms with van der Waals surface area (Å²) in [6.07, 6.45) is 4.70. The summed E-state index contributed by atoms with van der Waals surface area (Å²) in [5.41, 5.74) is 0.718. The van der Waals surface area contributed by atoms with E-state index in [2.05, 4.69) is 31.1 Å². The molecule has 0 atom stereocenters. The lowest BCUT2D eigenvalue weighted by atomic mass is 10.2. The molecule has 0 saturated heterocycles. The fraction of sp³-hybridized carbons (Fsp3) is 0.600. The van der Waals surface area contributed by atoms with E-state index < -0.39 is 0 Å². The summed E-state index contributed by atoms with van der Waals surface area (Å²) >= 11 is 0. The van der Waals surface area contributed by atoms with Gasteiger partial charge in [0, 0.05) is 31.4 Å². The van der Waals surface area contributed by atoms with E-state index in [0.29, 0.717) is 0 Å². The van der Waals surface area contributed by atoms with Gasteiger partial charge in [-0.2, -0.15) is 0 Å². The summed E-state index contributed by atoms with van der Waals surface area (Å²) in [6, 6.07) is 3.63. The molecule has 0 unspecified atom stereocenters. The summed E-state index contributed by atoms with van der Waals surface area (Å²) in [5.74, 6) is 0.881. The third-order valence-electron chi connectivity index (χ3n) is 2.84. The molecule has 0 bridgehead atoms. The van der Waals surface area contributed by atoms with Crippen molar-refractivity contribution in [3.8, 4) is 0 Å². The highest BCUT2D eigenvalue weighted by molar-refractivity contribution is 5.94. The summed E-state index contributed by atoms with van der Waals surface area (Å²) in [5, 5.41) is 3.21. The molecule has 0 spiro atoms. The topological polar surface area (TPSA) is 45.2 Å². The van der Waals surface area contributed by atoms with Crippen LogP contribution in [-0.4, -0.2) is 35.4 Å². The lowest BCUT2D eigenvalue weighted by molar-refractivity contribution is 0.0755. The van der Waals surface area contributed by atoms with Crippen LogP contribution in [0, 0.1) is 0 Å². The fourth-order valence-corrected chi connectivity index (χ4v) is 1.95. The van der Waals surface area contributed by atoms with E-state index in [1.807, 2.05) is 11.0 Å². The highest BCUT2D eigenvalue weighted by Crippen LogP contribution is 2.10. The Hall–Kier alpha value is -1.58. The zero-order valence-electron chi connectivity index (χ0n) is 12.3. The van der Waals surface area contributed by atoms with Crippen LogP contribution < -0.4 is 5.32 Å². The summed E-state index contributed by atoms with van der Waals surface area (Å²) in [7, 11) is 0. The van der Waals surface area contributed by atoms with Gasteiger partial charge in [0.25, 0.3) is 5.91 Å². The minimum absolute atomic E-state index is 0.102. The first kappa shape index (κ1) is 15.5. The minimum atomic E-state index is 0.102. The molecule has 0 fully saturated rings. The van der Waals surface area contributed by atoms with Gasteiger partial charge in [-0.3, -0.25) is 4.79 Å². The SMILES string of the molecule is CCCNc1cc(C(=O)N(CCC)CCC)ccn1. The number of amides is 1. The molecule has 1 aromatic heterocycles. The first-order valence-electron chi connectivity index (χ1n) is 7.22. The van der Waals surface area contributed by atoms with Crippen molar-refractivity contribution >= 4 is 11.7 Å². The highest BCUT2D eigenvalue weighted by atomic mass is 16.2. The zero-order chi connectivity index (χ0) is 14.1. The van der Waals surface area contributed by atoms with Crippen molar-refractivity contribution in [1.82, 2.24) is 9.88 Å². The molecule has 1 heterocycles. The van der Waals surface area contributed by atoms with Gasteiger partial charge in [0.2, 0.25) is 0 Å². The van der Waals surface area contributed by atoms with Crippen molar-refractivity contribution in [2.24, 2.45) is 0 Å². The number of anilines is 1. The lowest BCUT2D eigenvalue weighted by Crippen LogP contribution is -2.32. The molecule has 19 heavy (non-hydrogen) atoms.